The standard InChI is InChI=1S/C35H52N4O7/c1-26(40)46-25-29-22-28(16-17-32(29)41)33(42)23-36-18-7-2-3-8-19-45-20-9-6-11-27-12-10-15-31(21-27)39-35(44)37-24-34(43)38-30-13-4-5-14-30/h10,12,15-17,21-22,30,33,36,41-42H,2-9,11,13-14,18-20,23-25H2,1H3,(H,38,43)(H2,37,39,44)/t33-/m0/s1. The van der Waals surface area contributed by atoms with Gasteiger partial charge in [0.25, 0.3) is 0 Å². The van der Waals surface area contributed by atoms with Crippen LogP contribution in [-0.4, -0.2) is 67.0 Å². The van der Waals surface area contributed by atoms with Crippen molar-refractivity contribution in [3.05, 3.63) is 59.2 Å². The molecule has 0 aromatic heterocycles. The first-order chi connectivity index (χ1) is 22.3. The predicted molar refractivity (Wildman–Crippen MR) is 177 cm³/mol. The summed E-state index contributed by atoms with van der Waals surface area (Å²) >= 11 is 0. The van der Waals surface area contributed by atoms with E-state index in [1.165, 1.54) is 13.0 Å². The zero-order valence-corrected chi connectivity index (χ0v) is 27.2. The molecule has 254 valence electrons. The van der Waals surface area contributed by atoms with Crippen LogP contribution >= 0.6 is 0 Å². The lowest BCUT2D eigenvalue weighted by Crippen LogP contribution is -2.42. The summed E-state index contributed by atoms with van der Waals surface area (Å²) in [5, 5.41) is 32.0. The largest absolute Gasteiger partial charge is 0.508 e. The first kappa shape index (κ1) is 36.8. The van der Waals surface area contributed by atoms with Gasteiger partial charge < -0.3 is 41.0 Å². The zero-order valence-electron chi connectivity index (χ0n) is 27.2. The van der Waals surface area contributed by atoms with Crippen LogP contribution in [-0.2, 0) is 32.1 Å². The highest BCUT2D eigenvalue weighted by Gasteiger charge is 2.17. The number of hydrogen-bond donors (Lipinski definition) is 6. The number of aromatic hydroxyl groups is 1. The number of ether oxygens (including phenoxy) is 2. The number of rotatable bonds is 21. The van der Waals surface area contributed by atoms with Gasteiger partial charge in [-0.2, -0.15) is 0 Å². The number of nitrogens with one attached hydrogen (secondary N) is 4. The fourth-order valence-corrected chi connectivity index (χ4v) is 5.40. The first-order valence-corrected chi connectivity index (χ1v) is 16.6. The number of anilines is 1. The van der Waals surface area contributed by atoms with E-state index < -0.39 is 12.1 Å². The molecule has 0 radical (unpaired) electrons. The van der Waals surface area contributed by atoms with Crippen LogP contribution in [0.1, 0.15) is 93.9 Å². The molecule has 6 N–H and O–H groups in total. The Morgan fingerprint density at radius 3 is 2.50 bits per heavy atom. The monoisotopic (exact) mass is 640 g/mol. The Morgan fingerprint density at radius 1 is 0.957 bits per heavy atom. The van der Waals surface area contributed by atoms with Crippen LogP contribution in [0.4, 0.5) is 10.5 Å². The number of aliphatic hydroxyl groups excluding tert-OH is 1. The number of phenols is 1. The minimum atomic E-state index is -0.719. The van der Waals surface area contributed by atoms with E-state index in [2.05, 4.69) is 21.3 Å². The highest BCUT2D eigenvalue weighted by atomic mass is 16.5. The number of phenolic OH excluding ortho intramolecular Hbond substituents is 1. The fraction of sp³-hybridized carbons (Fsp3) is 0.571. The molecule has 11 heteroatoms. The maximum absolute atomic E-state index is 12.2. The van der Waals surface area contributed by atoms with Gasteiger partial charge in [0.2, 0.25) is 5.91 Å². The summed E-state index contributed by atoms with van der Waals surface area (Å²) in [7, 11) is 0. The van der Waals surface area contributed by atoms with Gasteiger partial charge in [-0.25, -0.2) is 4.79 Å². The quantitative estimate of drug-likeness (QED) is 0.0834. The SMILES string of the molecule is CC(=O)OCc1cc([C@@H](O)CNCCCCCCOCCCCc2cccc(NC(=O)NCC(=O)NC3CCCC3)c2)ccc1O. The summed E-state index contributed by atoms with van der Waals surface area (Å²) in [4.78, 5) is 35.3. The van der Waals surface area contributed by atoms with E-state index in [1.54, 1.807) is 12.1 Å². The van der Waals surface area contributed by atoms with Gasteiger partial charge in [-0.05, 0) is 86.9 Å². The fourth-order valence-electron chi connectivity index (χ4n) is 5.40. The summed E-state index contributed by atoms with van der Waals surface area (Å²) in [6.07, 6.45) is 10.6. The van der Waals surface area contributed by atoms with Crippen LogP contribution in [0.25, 0.3) is 0 Å². The Balaban J connectivity index is 1.15. The second kappa shape index (κ2) is 21.2. The predicted octanol–water partition coefficient (Wildman–Crippen LogP) is 4.86. The van der Waals surface area contributed by atoms with Crippen molar-refractivity contribution in [1.82, 2.24) is 16.0 Å². The van der Waals surface area contributed by atoms with Gasteiger partial charge >= 0.3 is 12.0 Å². The number of hydrogen-bond acceptors (Lipinski definition) is 8. The molecule has 0 aliphatic heterocycles. The molecule has 2 aromatic rings. The summed E-state index contributed by atoms with van der Waals surface area (Å²) in [5.41, 5.74) is 2.98. The minimum absolute atomic E-state index is 0.0292. The maximum atomic E-state index is 12.2. The molecule has 1 aliphatic carbocycles. The molecule has 0 unspecified atom stereocenters. The smallest absolute Gasteiger partial charge is 0.319 e. The van der Waals surface area contributed by atoms with Crippen molar-refractivity contribution in [2.45, 2.75) is 96.3 Å². The van der Waals surface area contributed by atoms with Gasteiger partial charge in [0.15, 0.2) is 0 Å². The second-order valence-electron chi connectivity index (χ2n) is 11.9. The average molecular weight is 641 g/mol. The summed E-state index contributed by atoms with van der Waals surface area (Å²) in [5.74, 6) is -0.543. The summed E-state index contributed by atoms with van der Waals surface area (Å²) in [6, 6.07) is 12.5. The van der Waals surface area contributed by atoms with E-state index in [9.17, 15) is 24.6 Å². The molecule has 3 amide bonds. The Labute approximate surface area is 272 Å². The maximum Gasteiger partial charge on any atom is 0.319 e. The van der Waals surface area contributed by atoms with E-state index in [-0.39, 0.29) is 36.9 Å². The highest BCUT2D eigenvalue weighted by Crippen LogP contribution is 2.23. The number of aliphatic hydroxyl groups is 1. The average Bonchev–Trinajstić information content (AvgIpc) is 3.55. The van der Waals surface area contributed by atoms with E-state index in [0.717, 1.165) is 96.0 Å². The van der Waals surface area contributed by atoms with E-state index >= 15 is 0 Å². The number of carbonyl (C=O) groups is 3. The lowest BCUT2D eigenvalue weighted by Gasteiger charge is -2.14. The van der Waals surface area contributed by atoms with Crippen molar-refractivity contribution in [1.29, 1.82) is 0 Å². The molecule has 46 heavy (non-hydrogen) atoms. The number of benzene rings is 2. The van der Waals surface area contributed by atoms with Crippen LogP contribution in [0, 0.1) is 0 Å². The molecule has 0 heterocycles. The van der Waals surface area contributed by atoms with E-state index in [4.69, 9.17) is 9.47 Å². The van der Waals surface area contributed by atoms with Crippen LogP contribution in [0.3, 0.4) is 0 Å². The van der Waals surface area contributed by atoms with Crippen molar-refractivity contribution in [3.63, 3.8) is 0 Å². The van der Waals surface area contributed by atoms with Crippen molar-refractivity contribution in [2.24, 2.45) is 0 Å². The molecule has 0 bridgehead atoms. The first-order valence-electron chi connectivity index (χ1n) is 16.6. The van der Waals surface area contributed by atoms with Gasteiger partial charge in [0, 0.05) is 44.0 Å². The molecule has 1 saturated carbocycles. The summed E-state index contributed by atoms with van der Waals surface area (Å²) < 4.78 is 10.7. The van der Waals surface area contributed by atoms with Gasteiger partial charge in [0.05, 0.1) is 12.6 Å². The van der Waals surface area contributed by atoms with Crippen LogP contribution in [0.2, 0.25) is 0 Å². The molecule has 3 rings (SSSR count). The normalized spacial score (nSPS) is 13.7. The number of urea groups is 1. The van der Waals surface area contributed by atoms with E-state index in [1.807, 2.05) is 24.3 Å². The van der Waals surface area contributed by atoms with Gasteiger partial charge in [-0.15, -0.1) is 0 Å². The van der Waals surface area contributed by atoms with Crippen LogP contribution in [0.5, 0.6) is 5.75 Å². The lowest BCUT2D eigenvalue weighted by molar-refractivity contribution is -0.142. The number of unbranched alkanes of at least 4 members (excludes halogenated alkanes) is 4. The molecule has 11 nitrogen and oxygen atoms in total. The Hall–Kier alpha value is -3.67. The molecular formula is C35H52N4O7. The molecule has 1 fully saturated rings. The van der Waals surface area contributed by atoms with Crippen LogP contribution < -0.4 is 21.3 Å². The van der Waals surface area contributed by atoms with Crippen LogP contribution in [0.15, 0.2) is 42.5 Å². The van der Waals surface area contributed by atoms with Crippen molar-refractivity contribution >= 4 is 23.6 Å². The van der Waals surface area contributed by atoms with Crippen molar-refractivity contribution in [2.75, 3.05) is 38.2 Å². The molecule has 1 aliphatic rings. The second-order valence-corrected chi connectivity index (χ2v) is 11.9. The molecule has 1 atom stereocenters. The third-order valence-corrected chi connectivity index (χ3v) is 7.97. The third kappa shape index (κ3) is 15.1. The molecule has 0 spiro atoms. The molecule has 2 aromatic carbocycles. The number of esters is 1. The van der Waals surface area contributed by atoms with Crippen molar-refractivity contribution in [3.8, 4) is 5.75 Å². The Bertz CT molecular complexity index is 1220. The zero-order chi connectivity index (χ0) is 33.0. The lowest BCUT2D eigenvalue weighted by atomic mass is 10.1. The minimum Gasteiger partial charge on any atom is -0.508 e. The van der Waals surface area contributed by atoms with Gasteiger partial charge in [-0.1, -0.05) is 43.9 Å². The Morgan fingerprint density at radius 2 is 1.72 bits per heavy atom. The summed E-state index contributed by atoms with van der Waals surface area (Å²) in [6.45, 7) is 3.92. The van der Waals surface area contributed by atoms with Gasteiger partial charge in [0.1, 0.15) is 12.4 Å². The molecule has 0 saturated heterocycles. The Kier molecular flexibility index (Phi) is 16.9. The number of carbonyl (C=O) groups excluding carboxylic acids is 3. The van der Waals surface area contributed by atoms with Gasteiger partial charge in [-0.3, -0.25) is 9.59 Å². The number of amides is 3. The van der Waals surface area contributed by atoms with E-state index in [0.29, 0.717) is 23.4 Å². The number of aryl methyl sites for hydroxylation is 1. The molecular weight excluding hydrogens is 588 g/mol. The third-order valence-electron chi connectivity index (χ3n) is 7.97. The van der Waals surface area contributed by atoms with Crippen molar-refractivity contribution < 1.29 is 34.1 Å². The topological polar surface area (TPSA) is 158 Å². The highest BCUT2D eigenvalue weighted by molar-refractivity contribution is 5.92.